The maximum Gasteiger partial charge on any atom is 0.328 e. The van der Waals surface area contributed by atoms with Crippen LogP contribution in [0.5, 0.6) is 0 Å². The summed E-state index contributed by atoms with van der Waals surface area (Å²) in [4.78, 5) is 26.6. The standard InChI is InChI=1S/C13H13N3O4/c17-7-11(12(18)19)16-13(20)15-10-5-1-4-9-8(10)3-2-6-14-9/h1-6,11,17H,7H2,(H,18,19)(H2,15,16,20)/t11-/m0/s1. The van der Waals surface area contributed by atoms with Crippen LogP contribution in [0.2, 0.25) is 0 Å². The van der Waals surface area contributed by atoms with Crippen LogP contribution < -0.4 is 10.6 Å². The van der Waals surface area contributed by atoms with Crippen molar-refractivity contribution in [1.29, 1.82) is 0 Å². The molecule has 0 unspecified atom stereocenters. The Kier molecular flexibility index (Phi) is 4.11. The van der Waals surface area contributed by atoms with Gasteiger partial charge in [0.25, 0.3) is 0 Å². The molecule has 1 heterocycles. The van der Waals surface area contributed by atoms with E-state index in [9.17, 15) is 9.59 Å². The lowest BCUT2D eigenvalue weighted by molar-refractivity contribution is -0.140. The van der Waals surface area contributed by atoms with Crippen LogP contribution >= 0.6 is 0 Å². The van der Waals surface area contributed by atoms with E-state index in [1.165, 1.54) is 0 Å². The Hall–Kier alpha value is -2.67. The Morgan fingerprint density at radius 1 is 1.25 bits per heavy atom. The van der Waals surface area contributed by atoms with Crippen LogP contribution in [0.25, 0.3) is 10.9 Å². The van der Waals surface area contributed by atoms with Gasteiger partial charge in [-0.25, -0.2) is 9.59 Å². The monoisotopic (exact) mass is 275 g/mol. The molecule has 0 fully saturated rings. The fraction of sp³-hybridized carbons (Fsp3) is 0.154. The van der Waals surface area contributed by atoms with E-state index in [2.05, 4.69) is 15.6 Å². The number of aromatic nitrogens is 1. The van der Waals surface area contributed by atoms with E-state index >= 15 is 0 Å². The molecule has 2 rings (SSSR count). The fourth-order valence-electron chi connectivity index (χ4n) is 1.71. The molecular weight excluding hydrogens is 262 g/mol. The molecule has 2 amide bonds. The molecule has 0 saturated carbocycles. The Balaban J connectivity index is 2.16. The lowest BCUT2D eigenvalue weighted by atomic mass is 10.2. The molecule has 7 heteroatoms. The number of carboxylic acids is 1. The molecule has 1 aromatic carbocycles. The number of pyridine rings is 1. The number of urea groups is 1. The zero-order valence-corrected chi connectivity index (χ0v) is 10.4. The molecule has 1 atom stereocenters. The zero-order chi connectivity index (χ0) is 14.5. The third-order valence-electron chi connectivity index (χ3n) is 2.68. The maximum absolute atomic E-state index is 11.7. The molecule has 0 aliphatic rings. The molecule has 4 N–H and O–H groups in total. The van der Waals surface area contributed by atoms with Crippen LogP contribution in [-0.2, 0) is 4.79 Å². The number of benzene rings is 1. The third kappa shape index (κ3) is 3.01. The van der Waals surface area contributed by atoms with E-state index in [-0.39, 0.29) is 0 Å². The Morgan fingerprint density at radius 3 is 2.75 bits per heavy atom. The van der Waals surface area contributed by atoms with Crippen molar-refractivity contribution in [2.45, 2.75) is 6.04 Å². The van der Waals surface area contributed by atoms with Crippen LogP contribution in [0.1, 0.15) is 0 Å². The molecule has 0 bridgehead atoms. The van der Waals surface area contributed by atoms with Crippen molar-refractivity contribution in [1.82, 2.24) is 10.3 Å². The fourth-order valence-corrected chi connectivity index (χ4v) is 1.71. The second-order valence-electron chi connectivity index (χ2n) is 4.05. The van der Waals surface area contributed by atoms with Crippen LogP contribution in [0.15, 0.2) is 36.5 Å². The Morgan fingerprint density at radius 2 is 2.05 bits per heavy atom. The average molecular weight is 275 g/mol. The normalized spacial score (nSPS) is 11.8. The SMILES string of the molecule is O=C(Nc1cccc2ncccc12)N[C@@H](CO)C(=O)O. The molecule has 0 saturated heterocycles. The molecule has 2 aromatic rings. The molecule has 7 nitrogen and oxygen atoms in total. The lowest BCUT2D eigenvalue weighted by Crippen LogP contribution is -2.45. The highest BCUT2D eigenvalue weighted by atomic mass is 16.4. The molecule has 1 aromatic heterocycles. The van der Waals surface area contributed by atoms with E-state index < -0.39 is 24.6 Å². The number of aliphatic hydroxyl groups is 1. The van der Waals surface area contributed by atoms with E-state index in [4.69, 9.17) is 10.2 Å². The second-order valence-corrected chi connectivity index (χ2v) is 4.05. The predicted octanol–water partition coefficient (Wildman–Crippen LogP) is 0.802. The van der Waals surface area contributed by atoms with E-state index in [1.54, 1.807) is 36.5 Å². The number of rotatable bonds is 4. The van der Waals surface area contributed by atoms with Gasteiger partial charge >= 0.3 is 12.0 Å². The van der Waals surface area contributed by atoms with Crippen molar-refractivity contribution >= 4 is 28.6 Å². The van der Waals surface area contributed by atoms with Gasteiger partial charge in [0.2, 0.25) is 0 Å². The lowest BCUT2D eigenvalue weighted by Gasteiger charge is -2.13. The van der Waals surface area contributed by atoms with Gasteiger partial charge in [0.1, 0.15) is 0 Å². The highest BCUT2D eigenvalue weighted by molar-refractivity contribution is 6.01. The van der Waals surface area contributed by atoms with E-state index in [1.807, 2.05) is 0 Å². The molecule has 0 radical (unpaired) electrons. The zero-order valence-electron chi connectivity index (χ0n) is 10.4. The number of nitrogens with zero attached hydrogens (tertiary/aromatic N) is 1. The van der Waals surface area contributed by atoms with Gasteiger partial charge in [-0.2, -0.15) is 0 Å². The Labute approximate surface area is 114 Å². The summed E-state index contributed by atoms with van der Waals surface area (Å²) in [6.07, 6.45) is 1.64. The van der Waals surface area contributed by atoms with Gasteiger partial charge in [-0.15, -0.1) is 0 Å². The summed E-state index contributed by atoms with van der Waals surface area (Å²) >= 11 is 0. The quantitative estimate of drug-likeness (QED) is 0.659. The number of carbonyl (C=O) groups excluding carboxylic acids is 1. The summed E-state index contributed by atoms with van der Waals surface area (Å²) in [5, 5.41) is 23.0. The number of hydrogen-bond acceptors (Lipinski definition) is 4. The minimum Gasteiger partial charge on any atom is -0.480 e. The van der Waals surface area contributed by atoms with Crippen molar-refractivity contribution in [3.05, 3.63) is 36.5 Å². The largest absolute Gasteiger partial charge is 0.480 e. The average Bonchev–Trinajstić information content (AvgIpc) is 2.45. The summed E-state index contributed by atoms with van der Waals surface area (Å²) < 4.78 is 0. The third-order valence-corrected chi connectivity index (χ3v) is 2.68. The van der Waals surface area contributed by atoms with Crippen molar-refractivity contribution in [2.75, 3.05) is 11.9 Å². The van der Waals surface area contributed by atoms with Crippen molar-refractivity contribution in [3.8, 4) is 0 Å². The first-order chi connectivity index (χ1) is 9.61. The van der Waals surface area contributed by atoms with Gasteiger partial charge in [-0.3, -0.25) is 4.98 Å². The van der Waals surface area contributed by atoms with Crippen LogP contribution in [-0.4, -0.2) is 39.8 Å². The van der Waals surface area contributed by atoms with E-state index in [0.29, 0.717) is 11.2 Å². The van der Waals surface area contributed by atoms with Gasteiger partial charge in [0.15, 0.2) is 6.04 Å². The summed E-state index contributed by atoms with van der Waals surface area (Å²) in [5.74, 6) is -1.30. The van der Waals surface area contributed by atoms with Crippen molar-refractivity contribution in [2.24, 2.45) is 0 Å². The predicted molar refractivity (Wildman–Crippen MR) is 72.4 cm³/mol. The van der Waals surface area contributed by atoms with Crippen molar-refractivity contribution in [3.63, 3.8) is 0 Å². The molecular formula is C13H13N3O4. The topological polar surface area (TPSA) is 112 Å². The number of nitrogens with one attached hydrogen (secondary N) is 2. The number of aliphatic carboxylic acids is 1. The number of amides is 2. The molecule has 0 aliphatic carbocycles. The Bertz CT molecular complexity index is 639. The number of hydrogen-bond donors (Lipinski definition) is 4. The molecule has 20 heavy (non-hydrogen) atoms. The van der Waals surface area contributed by atoms with Gasteiger partial charge < -0.3 is 20.8 Å². The van der Waals surface area contributed by atoms with Gasteiger partial charge in [-0.05, 0) is 24.3 Å². The van der Waals surface area contributed by atoms with Crippen LogP contribution in [0.3, 0.4) is 0 Å². The first kappa shape index (κ1) is 13.8. The number of carbonyl (C=O) groups is 2. The van der Waals surface area contributed by atoms with Gasteiger partial charge in [0, 0.05) is 11.6 Å². The summed E-state index contributed by atoms with van der Waals surface area (Å²) in [6, 6.07) is 6.68. The second kappa shape index (κ2) is 5.98. The number of carboxylic acid groups (broad SMARTS) is 1. The number of anilines is 1. The van der Waals surface area contributed by atoms with Crippen LogP contribution in [0.4, 0.5) is 10.5 Å². The molecule has 104 valence electrons. The van der Waals surface area contributed by atoms with Gasteiger partial charge in [0.05, 0.1) is 17.8 Å². The van der Waals surface area contributed by atoms with Gasteiger partial charge in [-0.1, -0.05) is 6.07 Å². The first-order valence-corrected chi connectivity index (χ1v) is 5.86. The minimum atomic E-state index is -1.34. The van der Waals surface area contributed by atoms with E-state index in [0.717, 1.165) is 5.39 Å². The van der Waals surface area contributed by atoms with Crippen LogP contribution in [0, 0.1) is 0 Å². The maximum atomic E-state index is 11.7. The molecule has 0 aliphatic heterocycles. The first-order valence-electron chi connectivity index (χ1n) is 5.86. The minimum absolute atomic E-state index is 0.509. The smallest absolute Gasteiger partial charge is 0.328 e. The highest BCUT2D eigenvalue weighted by Gasteiger charge is 2.18. The number of aliphatic hydroxyl groups excluding tert-OH is 1. The number of fused-ring (bicyclic) bond motifs is 1. The summed E-state index contributed by atoms with van der Waals surface area (Å²) in [7, 11) is 0. The summed E-state index contributed by atoms with van der Waals surface area (Å²) in [6.45, 7) is -0.681. The highest BCUT2D eigenvalue weighted by Crippen LogP contribution is 2.20. The van der Waals surface area contributed by atoms with Crippen molar-refractivity contribution < 1.29 is 19.8 Å². The summed E-state index contributed by atoms with van der Waals surface area (Å²) in [5.41, 5.74) is 1.22. The molecule has 0 spiro atoms.